The van der Waals surface area contributed by atoms with Crippen molar-refractivity contribution in [3.05, 3.63) is 23.8 Å². The molecule has 0 spiro atoms. The highest BCUT2D eigenvalue weighted by atomic mass is 16.3. The van der Waals surface area contributed by atoms with Crippen LogP contribution < -0.4 is 0 Å². The Kier molecular flexibility index (Phi) is 4.59. The van der Waals surface area contributed by atoms with E-state index in [0.717, 1.165) is 32.1 Å². The molecule has 0 amide bonds. The maximum atomic E-state index is 10.4. The van der Waals surface area contributed by atoms with Gasteiger partial charge in [0.25, 0.3) is 0 Å². The van der Waals surface area contributed by atoms with Crippen molar-refractivity contribution < 1.29 is 5.11 Å². The first-order chi connectivity index (χ1) is 7.02. The monoisotopic (exact) mass is 208 g/mol. The van der Waals surface area contributed by atoms with Gasteiger partial charge in [0.2, 0.25) is 0 Å². The number of allylic oxidation sites excluding steroid dienone is 4. The second-order valence-corrected chi connectivity index (χ2v) is 5.16. The van der Waals surface area contributed by atoms with Crippen LogP contribution in [0.25, 0.3) is 0 Å². The van der Waals surface area contributed by atoms with Crippen molar-refractivity contribution in [2.45, 2.75) is 58.5 Å². The molecule has 1 aliphatic rings. The van der Waals surface area contributed by atoms with Gasteiger partial charge in [-0.2, -0.15) is 0 Å². The van der Waals surface area contributed by atoms with Gasteiger partial charge in [-0.05, 0) is 58.8 Å². The minimum atomic E-state index is -0.489. The molecule has 0 aromatic rings. The molecule has 0 bridgehead atoms. The van der Waals surface area contributed by atoms with Gasteiger partial charge in [0, 0.05) is 0 Å². The van der Waals surface area contributed by atoms with E-state index in [2.05, 4.69) is 32.1 Å². The Labute approximate surface area is 93.9 Å². The number of hydrogen-bond acceptors (Lipinski definition) is 1. The fraction of sp³-hybridized carbons (Fsp3) is 0.714. The van der Waals surface area contributed by atoms with Crippen molar-refractivity contribution in [1.29, 1.82) is 0 Å². The van der Waals surface area contributed by atoms with Gasteiger partial charge in [-0.15, -0.1) is 0 Å². The van der Waals surface area contributed by atoms with E-state index in [1.165, 1.54) is 5.57 Å². The van der Waals surface area contributed by atoms with E-state index in [1.54, 1.807) is 0 Å². The largest absolute Gasteiger partial charge is 0.390 e. The summed E-state index contributed by atoms with van der Waals surface area (Å²) in [5, 5.41) is 10.4. The summed E-state index contributed by atoms with van der Waals surface area (Å²) in [6, 6.07) is 0. The SMILES string of the molecule is CC(C)=CCC[C@](C)(O)[C@@H]1CC=CCC1. The molecule has 0 saturated heterocycles. The summed E-state index contributed by atoms with van der Waals surface area (Å²) in [6.07, 6.45) is 11.8. The van der Waals surface area contributed by atoms with Gasteiger partial charge in [0.05, 0.1) is 5.60 Å². The molecule has 1 heteroatoms. The third kappa shape index (κ3) is 4.21. The number of aliphatic hydroxyl groups is 1. The highest BCUT2D eigenvalue weighted by Gasteiger charge is 2.30. The first-order valence-corrected chi connectivity index (χ1v) is 6.03. The first kappa shape index (κ1) is 12.5. The van der Waals surface area contributed by atoms with Crippen LogP contribution in [0.15, 0.2) is 23.8 Å². The quantitative estimate of drug-likeness (QED) is 0.696. The van der Waals surface area contributed by atoms with Gasteiger partial charge in [-0.1, -0.05) is 23.8 Å². The Morgan fingerprint density at radius 3 is 2.73 bits per heavy atom. The standard InChI is InChI=1S/C14H24O/c1-12(2)8-7-11-14(3,15)13-9-5-4-6-10-13/h4-5,8,13,15H,6-7,9-11H2,1-3H3/t13-,14+/m1/s1. The Morgan fingerprint density at radius 2 is 2.20 bits per heavy atom. The molecule has 0 aliphatic heterocycles. The van der Waals surface area contributed by atoms with Crippen molar-refractivity contribution in [2.75, 3.05) is 0 Å². The molecular weight excluding hydrogens is 184 g/mol. The lowest BCUT2D eigenvalue weighted by Gasteiger charge is -2.33. The Bertz CT molecular complexity index is 244. The average Bonchev–Trinajstić information content (AvgIpc) is 2.18. The summed E-state index contributed by atoms with van der Waals surface area (Å²) in [5.41, 5.74) is 0.853. The lowest BCUT2D eigenvalue weighted by atomic mass is 9.78. The van der Waals surface area contributed by atoms with Crippen molar-refractivity contribution in [2.24, 2.45) is 5.92 Å². The predicted molar refractivity (Wildman–Crippen MR) is 65.8 cm³/mol. The molecule has 2 atom stereocenters. The topological polar surface area (TPSA) is 20.2 Å². The molecule has 0 aromatic carbocycles. The summed E-state index contributed by atoms with van der Waals surface area (Å²) in [6.45, 7) is 6.21. The summed E-state index contributed by atoms with van der Waals surface area (Å²) in [7, 11) is 0. The summed E-state index contributed by atoms with van der Waals surface area (Å²) < 4.78 is 0. The molecular formula is C14H24O. The first-order valence-electron chi connectivity index (χ1n) is 6.03. The van der Waals surface area contributed by atoms with E-state index < -0.39 is 5.60 Å². The lowest BCUT2D eigenvalue weighted by molar-refractivity contribution is -0.0116. The molecule has 0 saturated carbocycles. The third-order valence-corrected chi connectivity index (χ3v) is 3.35. The van der Waals surface area contributed by atoms with E-state index in [1.807, 2.05) is 6.92 Å². The minimum absolute atomic E-state index is 0.452. The smallest absolute Gasteiger partial charge is 0.0653 e. The highest BCUT2D eigenvalue weighted by Crippen LogP contribution is 2.32. The van der Waals surface area contributed by atoms with Crippen LogP contribution in [0.1, 0.15) is 52.9 Å². The Hall–Kier alpha value is -0.560. The molecule has 15 heavy (non-hydrogen) atoms. The van der Waals surface area contributed by atoms with E-state index in [0.29, 0.717) is 5.92 Å². The average molecular weight is 208 g/mol. The Balaban J connectivity index is 2.43. The van der Waals surface area contributed by atoms with Crippen LogP contribution in [0.4, 0.5) is 0 Å². The van der Waals surface area contributed by atoms with Gasteiger partial charge in [0.15, 0.2) is 0 Å². The number of hydrogen-bond donors (Lipinski definition) is 1. The molecule has 0 heterocycles. The van der Waals surface area contributed by atoms with Crippen LogP contribution in [0.2, 0.25) is 0 Å². The zero-order valence-electron chi connectivity index (χ0n) is 10.3. The van der Waals surface area contributed by atoms with Crippen molar-refractivity contribution >= 4 is 0 Å². The van der Waals surface area contributed by atoms with Crippen LogP contribution >= 0.6 is 0 Å². The maximum absolute atomic E-state index is 10.4. The zero-order chi connectivity index (χ0) is 11.3. The van der Waals surface area contributed by atoms with E-state index in [9.17, 15) is 5.11 Å². The third-order valence-electron chi connectivity index (χ3n) is 3.35. The van der Waals surface area contributed by atoms with Gasteiger partial charge >= 0.3 is 0 Å². The molecule has 86 valence electrons. The summed E-state index contributed by atoms with van der Waals surface area (Å²) in [4.78, 5) is 0. The second-order valence-electron chi connectivity index (χ2n) is 5.16. The highest BCUT2D eigenvalue weighted by molar-refractivity contribution is 4.99. The summed E-state index contributed by atoms with van der Waals surface area (Å²) >= 11 is 0. The summed E-state index contributed by atoms with van der Waals surface area (Å²) in [5.74, 6) is 0.452. The van der Waals surface area contributed by atoms with E-state index in [-0.39, 0.29) is 0 Å². The van der Waals surface area contributed by atoms with Crippen LogP contribution in [-0.2, 0) is 0 Å². The molecule has 0 unspecified atom stereocenters. The van der Waals surface area contributed by atoms with Gasteiger partial charge in [-0.3, -0.25) is 0 Å². The van der Waals surface area contributed by atoms with Gasteiger partial charge in [-0.25, -0.2) is 0 Å². The normalized spacial score (nSPS) is 24.7. The minimum Gasteiger partial charge on any atom is -0.390 e. The molecule has 0 aromatic heterocycles. The maximum Gasteiger partial charge on any atom is 0.0653 e. The van der Waals surface area contributed by atoms with Crippen molar-refractivity contribution in [3.8, 4) is 0 Å². The molecule has 1 aliphatic carbocycles. The van der Waals surface area contributed by atoms with Gasteiger partial charge in [0.1, 0.15) is 0 Å². The van der Waals surface area contributed by atoms with E-state index in [4.69, 9.17) is 0 Å². The molecule has 1 rings (SSSR count). The van der Waals surface area contributed by atoms with Crippen LogP contribution in [0.3, 0.4) is 0 Å². The second kappa shape index (κ2) is 5.50. The van der Waals surface area contributed by atoms with Crippen molar-refractivity contribution in [1.82, 2.24) is 0 Å². The fourth-order valence-electron chi connectivity index (χ4n) is 2.22. The Morgan fingerprint density at radius 1 is 1.47 bits per heavy atom. The van der Waals surface area contributed by atoms with Gasteiger partial charge < -0.3 is 5.11 Å². The molecule has 0 fully saturated rings. The van der Waals surface area contributed by atoms with Crippen LogP contribution in [0, 0.1) is 5.92 Å². The predicted octanol–water partition coefficient (Wildman–Crippen LogP) is 3.84. The zero-order valence-corrected chi connectivity index (χ0v) is 10.3. The molecule has 0 radical (unpaired) electrons. The fourth-order valence-corrected chi connectivity index (χ4v) is 2.22. The van der Waals surface area contributed by atoms with Crippen molar-refractivity contribution in [3.63, 3.8) is 0 Å². The molecule has 1 N–H and O–H groups in total. The van der Waals surface area contributed by atoms with Crippen LogP contribution in [0.5, 0.6) is 0 Å². The van der Waals surface area contributed by atoms with Crippen LogP contribution in [-0.4, -0.2) is 10.7 Å². The van der Waals surface area contributed by atoms with E-state index >= 15 is 0 Å². The lowest BCUT2D eigenvalue weighted by Crippen LogP contribution is -2.34. The molecule has 1 nitrogen and oxygen atoms in total. The number of rotatable bonds is 4.